The summed E-state index contributed by atoms with van der Waals surface area (Å²) >= 11 is 0. The summed E-state index contributed by atoms with van der Waals surface area (Å²) in [7, 11) is 2.92. The molecule has 0 atom stereocenters. The number of aromatic nitrogens is 4. The summed E-state index contributed by atoms with van der Waals surface area (Å²) in [6.07, 6.45) is 3.51. The molecule has 0 saturated carbocycles. The van der Waals surface area contributed by atoms with Crippen LogP contribution in [0.2, 0.25) is 0 Å². The Balaban J connectivity index is 0.000000299. The topological polar surface area (TPSA) is 417 Å². The van der Waals surface area contributed by atoms with Crippen LogP contribution >= 0.6 is 0 Å². The molecule has 2 aliphatic rings. The number of morpholine rings is 2. The number of amides is 2. The number of aliphatic carboxylic acids is 4. The van der Waals surface area contributed by atoms with Crippen LogP contribution < -0.4 is 22.1 Å². The highest BCUT2D eigenvalue weighted by Gasteiger charge is 2.28. The first-order chi connectivity index (χ1) is 50.1. The number of nitrogens with two attached hydrogens (primary N) is 2. The average Bonchev–Trinajstić information content (AvgIpc) is 0.794. The van der Waals surface area contributed by atoms with E-state index in [1.807, 2.05) is 113 Å². The zero-order valence-electron chi connectivity index (χ0n) is 58.7. The second-order valence-electron chi connectivity index (χ2n) is 22.4. The van der Waals surface area contributed by atoms with E-state index in [9.17, 15) is 63.3 Å². The van der Waals surface area contributed by atoms with Crippen molar-refractivity contribution in [2.24, 2.45) is 5.73 Å². The van der Waals surface area contributed by atoms with Gasteiger partial charge in [-0.2, -0.15) is 0 Å². The summed E-state index contributed by atoms with van der Waals surface area (Å²) in [5.41, 5.74) is 17.6. The van der Waals surface area contributed by atoms with E-state index in [4.69, 9.17) is 15.8 Å². The van der Waals surface area contributed by atoms with Gasteiger partial charge in [-0.1, -0.05) is 75.9 Å². The third-order valence-corrected chi connectivity index (χ3v) is 14.9. The molecule has 104 heavy (non-hydrogen) atoms. The van der Waals surface area contributed by atoms with Crippen molar-refractivity contribution in [1.29, 1.82) is 0 Å². The van der Waals surface area contributed by atoms with E-state index in [2.05, 4.69) is 76.6 Å². The number of pyridine rings is 4. The fourth-order valence-corrected chi connectivity index (χ4v) is 10.2. The van der Waals surface area contributed by atoms with Crippen LogP contribution in [0.15, 0.2) is 134 Å². The first kappa shape index (κ1) is 82.9. The molecule has 0 radical (unpaired) electrons. The zero-order valence-corrected chi connectivity index (χ0v) is 58.7. The lowest BCUT2D eigenvalue weighted by molar-refractivity contribution is -0.168. The molecule has 0 aliphatic carbocycles. The Morgan fingerprint density at radius 3 is 1.16 bits per heavy atom. The van der Waals surface area contributed by atoms with Crippen molar-refractivity contribution in [2.45, 2.75) is 27.7 Å². The first-order valence-electron chi connectivity index (χ1n) is 33.2. The molecule has 8 aromatic rings. The summed E-state index contributed by atoms with van der Waals surface area (Å²) in [6.45, 7) is 7.36. The number of carboxylic acid groups (broad SMARTS) is 4. The van der Waals surface area contributed by atoms with Crippen LogP contribution in [0.1, 0.15) is 50.2 Å². The number of rotatable bonds is 25. The highest BCUT2D eigenvalue weighted by atomic mass is 16.6. The second-order valence-corrected chi connectivity index (χ2v) is 22.4. The maximum absolute atomic E-state index is 12.9. The third kappa shape index (κ3) is 28.7. The van der Waals surface area contributed by atoms with Crippen molar-refractivity contribution in [3.8, 4) is 23.7 Å². The Morgan fingerprint density at radius 2 is 0.779 bits per heavy atom. The normalized spacial score (nSPS) is 12.6. The second kappa shape index (κ2) is 43.8. The fraction of sp³-hybridized carbons (Fsp3) is 0.324. The highest BCUT2D eigenvalue weighted by Crippen LogP contribution is 2.24. The number of anilines is 2. The van der Waals surface area contributed by atoms with Crippen molar-refractivity contribution in [3.63, 3.8) is 0 Å². The SMILES string of the molecule is CC.CC.CN.CNC(=O)CN(CCN(CCN(CC(=O)O)CC(=O)Nc1ccc(C#Cc2ccc3ccc4cccnc4c3n2)cc1)CC(=O)O)CC(=O)O.Nc1ccc(C#Cc2ccc3ccc4cccnc4c3n2)cc1.O=C(O)CN(CCN1CC(=O)OC(=O)C1)CCN1CC(=O)OC(=O)C1. The molecule has 4 aromatic carbocycles. The number of cyclic esters (lactones) is 4. The number of ether oxygens (including phenoxy) is 2. The molecular formula is C74H86N14O16. The number of carbonyl (C=O) groups excluding carboxylic acids is 6. The molecule has 30 nitrogen and oxygen atoms in total. The molecule has 0 unspecified atom stereocenters. The van der Waals surface area contributed by atoms with Crippen LogP contribution in [-0.2, 0) is 57.4 Å². The van der Waals surface area contributed by atoms with Gasteiger partial charge in [0.2, 0.25) is 11.8 Å². The molecule has 2 amide bonds. The van der Waals surface area contributed by atoms with Crippen LogP contribution in [-0.4, -0.2) is 261 Å². The zero-order chi connectivity index (χ0) is 76.1. The molecule has 2 saturated heterocycles. The van der Waals surface area contributed by atoms with E-state index in [-0.39, 0.29) is 72.0 Å². The minimum Gasteiger partial charge on any atom is -0.480 e. The van der Waals surface area contributed by atoms with Gasteiger partial charge in [0, 0.05) is 116 Å². The summed E-state index contributed by atoms with van der Waals surface area (Å²) in [5.74, 6) is 4.46. The molecule has 10 N–H and O–H groups in total. The number of nitrogen functional groups attached to an aromatic ring is 1. The smallest absolute Gasteiger partial charge is 0.327 e. The van der Waals surface area contributed by atoms with E-state index in [0.29, 0.717) is 43.1 Å². The largest absolute Gasteiger partial charge is 0.480 e. The molecule has 0 bridgehead atoms. The summed E-state index contributed by atoms with van der Waals surface area (Å²) in [6, 6.07) is 38.0. The van der Waals surface area contributed by atoms with E-state index in [1.54, 1.807) is 51.4 Å². The number of esters is 4. The van der Waals surface area contributed by atoms with Gasteiger partial charge in [-0.3, -0.25) is 87.3 Å². The number of likely N-dealkylation sites (N-methyl/N-ethyl adjacent to an activating group) is 1. The van der Waals surface area contributed by atoms with Crippen LogP contribution in [0.4, 0.5) is 11.4 Å². The van der Waals surface area contributed by atoms with E-state index < -0.39 is 79.2 Å². The van der Waals surface area contributed by atoms with Gasteiger partial charge in [0.05, 0.1) is 87.5 Å². The third-order valence-electron chi connectivity index (χ3n) is 14.9. The number of nitrogens with one attached hydrogen (secondary N) is 2. The van der Waals surface area contributed by atoms with Crippen LogP contribution in [0.5, 0.6) is 0 Å². The molecule has 4 aromatic heterocycles. The maximum atomic E-state index is 12.9. The van der Waals surface area contributed by atoms with Gasteiger partial charge >= 0.3 is 47.8 Å². The van der Waals surface area contributed by atoms with Crippen molar-refractivity contribution in [2.75, 3.05) is 143 Å². The predicted molar refractivity (Wildman–Crippen MR) is 390 cm³/mol. The minimum absolute atomic E-state index is 0.0287. The minimum atomic E-state index is -1.17. The summed E-state index contributed by atoms with van der Waals surface area (Å²) in [4.78, 5) is 142. The summed E-state index contributed by atoms with van der Waals surface area (Å²) in [5, 5.41) is 46.2. The Bertz CT molecular complexity index is 4330. The number of hydrogen-bond acceptors (Lipinski definition) is 24. The fourth-order valence-electron chi connectivity index (χ4n) is 10.2. The van der Waals surface area contributed by atoms with Crippen LogP contribution in [0.25, 0.3) is 43.6 Å². The van der Waals surface area contributed by atoms with E-state index >= 15 is 0 Å². The van der Waals surface area contributed by atoms with Crippen molar-refractivity contribution < 1.29 is 77.8 Å². The average molecular weight is 1430 g/mol. The van der Waals surface area contributed by atoms with Gasteiger partial charge in [-0.15, -0.1) is 0 Å². The van der Waals surface area contributed by atoms with Gasteiger partial charge in [0.25, 0.3) is 0 Å². The number of carbonyl (C=O) groups is 10. The standard InChI is InChI=1S/C35H37N7O8.C20H13N3.C14H19N3O8.2C2H6.CH5N/c1-36-29(43)19-41(22-32(47)48)17-15-40(21-31(45)46)16-18-42(23-33(49)50)20-30(44)38-27-10-4-24(5-11-27)6-12-28-13-9-26-8-7-25-3-2-14-37-34(25)35(26)39-28;21-17-9-3-14(4-10-17)5-11-18-12-8-16-7-6-15-2-1-13-22-19(15)20(16)23-18;18-10(19)5-15(1-3-16-6-11(20)24-12(21)7-16)2-4-17-8-13(22)25-14(23)9-17;3*1-2/h2-5,7-11,13-14H,15-23H2,1H3,(H,36,43)(H,38,44)(H,45,46)(H,47,48)(H,49,50);1-4,6-10,12-13H,21H2;1-9H2,(H,18,19);2*1-2H3;2H2,1H3. The molecule has 10 rings (SSSR count). The number of hydrogen-bond donors (Lipinski definition) is 8. The highest BCUT2D eigenvalue weighted by molar-refractivity contribution is 6.04. The lowest BCUT2D eigenvalue weighted by atomic mass is 10.1. The molecule has 30 heteroatoms. The lowest BCUT2D eigenvalue weighted by Crippen LogP contribution is -2.49. The number of carboxylic acids is 4. The van der Waals surface area contributed by atoms with Crippen LogP contribution in [0.3, 0.4) is 0 Å². The van der Waals surface area contributed by atoms with Gasteiger partial charge < -0.3 is 52.0 Å². The monoisotopic (exact) mass is 1430 g/mol. The van der Waals surface area contributed by atoms with Gasteiger partial charge in [-0.25, -0.2) is 9.97 Å². The Labute approximate surface area is 600 Å². The molecule has 6 heterocycles. The van der Waals surface area contributed by atoms with Gasteiger partial charge in [0.1, 0.15) is 11.4 Å². The van der Waals surface area contributed by atoms with E-state index in [1.165, 1.54) is 28.8 Å². The van der Waals surface area contributed by atoms with Crippen LogP contribution in [0, 0.1) is 23.7 Å². The van der Waals surface area contributed by atoms with Gasteiger partial charge in [0.15, 0.2) is 0 Å². The first-order valence-corrected chi connectivity index (χ1v) is 33.2. The quantitative estimate of drug-likeness (QED) is 0.0133. The maximum Gasteiger partial charge on any atom is 0.327 e. The molecule has 548 valence electrons. The van der Waals surface area contributed by atoms with Crippen molar-refractivity contribution in [3.05, 3.63) is 156 Å². The number of benzene rings is 4. The van der Waals surface area contributed by atoms with Crippen molar-refractivity contribution >= 4 is 115 Å². The molecule has 0 spiro atoms. The number of nitrogens with zero attached hydrogens (tertiary/aromatic N) is 10. The van der Waals surface area contributed by atoms with E-state index in [0.717, 1.165) is 60.6 Å². The lowest BCUT2D eigenvalue weighted by Gasteiger charge is -2.30. The molecular weight excluding hydrogens is 1340 g/mol. The molecule has 2 fully saturated rings. The Morgan fingerprint density at radius 1 is 0.442 bits per heavy atom. The predicted octanol–water partition coefficient (Wildman–Crippen LogP) is 3.56. The summed E-state index contributed by atoms with van der Waals surface area (Å²) < 4.78 is 8.85. The van der Waals surface area contributed by atoms with Crippen molar-refractivity contribution in [1.82, 2.24) is 54.7 Å². The van der Waals surface area contributed by atoms with Gasteiger partial charge in [-0.05, 0) is 104 Å². The molecule has 2 aliphatic heterocycles. The Kier molecular flexibility index (Phi) is 34.9. The number of fused-ring (bicyclic) bond motifs is 6. The Hall–Kier alpha value is -11.7.